The molecule has 0 N–H and O–H groups in total. The molecule has 1 saturated heterocycles. The van der Waals surface area contributed by atoms with Crippen LogP contribution in [-0.4, -0.2) is 38.0 Å². The normalized spacial score (nSPS) is 24.1. The average molecular weight is 311 g/mol. The summed E-state index contributed by atoms with van der Waals surface area (Å²) < 4.78 is 32.5. The summed E-state index contributed by atoms with van der Waals surface area (Å²) in [5.74, 6) is 0. The smallest absolute Gasteiger partial charge is 0.243 e. The fourth-order valence-corrected chi connectivity index (χ4v) is 4.28. The Balaban J connectivity index is 2.15. The average Bonchev–Trinajstić information content (AvgIpc) is 2.44. The van der Waals surface area contributed by atoms with Gasteiger partial charge in [0.2, 0.25) is 10.0 Å². The van der Waals surface area contributed by atoms with Crippen LogP contribution in [0.5, 0.6) is 0 Å². The molecule has 1 fully saturated rings. The van der Waals surface area contributed by atoms with Gasteiger partial charge in [-0.25, -0.2) is 8.42 Å². The molecule has 2 atom stereocenters. The summed E-state index contributed by atoms with van der Waals surface area (Å²) in [5, 5.41) is 0. The molecule has 1 heterocycles. The summed E-state index contributed by atoms with van der Waals surface area (Å²) in [6.07, 6.45) is 3.15. The first-order chi connectivity index (χ1) is 9.93. The van der Waals surface area contributed by atoms with Gasteiger partial charge in [0, 0.05) is 13.1 Å². The summed E-state index contributed by atoms with van der Waals surface area (Å²) >= 11 is 0. The van der Waals surface area contributed by atoms with Crippen LogP contribution in [0.25, 0.3) is 0 Å². The second-order valence-corrected chi connectivity index (χ2v) is 7.76. The maximum atomic E-state index is 12.7. The largest absolute Gasteiger partial charge is 0.373 e. The topological polar surface area (TPSA) is 46.6 Å². The quantitative estimate of drug-likeness (QED) is 0.840. The van der Waals surface area contributed by atoms with Crippen molar-refractivity contribution in [3.05, 3.63) is 29.8 Å². The van der Waals surface area contributed by atoms with Crippen molar-refractivity contribution in [1.82, 2.24) is 4.31 Å². The highest BCUT2D eigenvalue weighted by Crippen LogP contribution is 2.21. The Morgan fingerprint density at radius 2 is 1.71 bits per heavy atom. The van der Waals surface area contributed by atoms with Gasteiger partial charge in [-0.3, -0.25) is 0 Å². The van der Waals surface area contributed by atoms with E-state index >= 15 is 0 Å². The molecule has 118 valence electrons. The van der Waals surface area contributed by atoms with Crippen LogP contribution in [0.15, 0.2) is 29.2 Å². The molecule has 0 saturated carbocycles. The van der Waals surface area contributed by atoms with Crippen molar-refractivity contribution in [2.75, 3.05) is 13.1 Å². The fourth-order valence-electron chi connectivity index (χ4n) is 2.69. The van der Waals surface area contributed by atoms with E-state index in [1.807, 2.05) is 26.0 Å². The molecule has 4 nitrogen and oxygen atoms in total. The lowest BCUT2D eigenvalue weighted by Crippen LogP contribution is -2.48. The Kier molecular flexibility index (Phi) is 5.41. The van der Waals surface area contributed by atoms with Gasteiger partial charge in [-0.15, -0.1) is 0 Å². The lowest BCUT2D eigenvalue weighted by atomic mass is 10.1. The van der Waals surface area contributed by atoms with Crippen molar-refractivity contribution in [3.63, 3.8) is 0 Å². The molecule has 1 aliphatic rings. The number of aryl methyl sites for hydroxylation is 1. The number of ether oxygens (including phenoxy) is 1. The predicted molar refractivity (Wildman–Crippen MR) is 83.8 cm³/mol. The van der Waals surface area contributed by atoms with Crippen LogP contribution in [0, 0.1) is 0 Å². The number of sulfonamides is 1. The van der Waals surface area contributed by atoms with Crippen LogP contribution < -0.4 is 0 Å². The zero-order valence-electron chi connectivity index (χ0n) is 13.1. The summed E-state index contributed by atoms with van der Waals surface area (Å²) in [4.78, 5) is 0.379. The zero-order chi connectivity index (χ0) is 15.5. The summed E-state index contributed by atoms with van der Waals surface area (Å²) in [5.41, 5.74) is 1.19. The van der Waals surface area contributed by atoms with Gasteiger partial charge in [0.25, 0.3) is 0 Å². The molecule has 0 radical (unpaired) electrons. The first-order valence-corrected chi connectivity index (χ1v) is 9.12. The standard InChI is InChI=1S/C16H25NO3S/c1-4-5-6-15-7-9-16(10-8-15)21(18,19)17-11-13(2)20-14(3)12-17/h7-10,13-14H,4-6,11-12H2,1-3H3. The lowest BCUT2D eigenvalue weighted by Gasteiger charge is -2.34. The molecular weight excluding hydrogens is 286 g/mol. The van der Waals surface area contributed by atoms with Crippen LogP contribution in [0.3, 0.4) is 0 Å². The molecule has 1 aromatic carbocycles. The van der Waals surface area contributed by atoms with Crippen LogP contribution in [-0.2, 0) is 21.2 Å². The van der Waals surface area contributed by atoms with Gasteiger partial charge < -0.3 is 4.74 Å². The highest BCUT2D eigenvalue weighted by atomic mass is 32.2. The van der Waals surface area contributed by atoms with Gasteiger partial charge in [-0.1, -0.05) is 25.5 Å². The maximum absolute atomic E-state index is 12.7. The highest BCUT2D eigenvalue weighted by Gasteiger charge is 2.31. The van der Waals surface area contributed by atoms with Gasteiger partial charge in [0.05, 0.1) is 17.1 Å². The van der Waals surface area contributed by atoms with Crippen molar-refractivity contribution >= 4 is 10.0 Å². The SMILES string of the molecule is CCCCc1ccc(S(=O)(=O)N2CC(C)OC(C)C2)cc1. The van der Waals surface area contributed by atoms with Gasteiger partial charge in [-0.05, 0) is 44.4 Å². The third-order valence-electron chi connectivity index (χ3n) is 3.77. The molecule has 0 amide bonds. The number of hydrogen-bond donors (Lipinski definition) is 0. The molecule has 0 bridgehead atoms. The third-order valence-corrected chi connectivity index (χ3v) is 5.61. The van der Waals surface area contributed by atoms with E-state index in [1.165, 1.54) is 9.87 Å². The van der Waals surface area contributed by atoms with Crippen LogP contribution in [0.1, 0.15) is 39.2 Å². The minimum absolute atomic E-state index is 0.0626. The molecule has 0 spiro atoms. The van der Waals surface area contributed by atoms with Gasteiger partial charge >= 0.3 is 0 Å². The minimum Gasteiger partial charge on any atom is -0.373 e. The second-order valence-electron chi connectivity index (χ2n) is 5.83. The molecule has 0 aromatic heterocycles. The van der Waals surface area contributed by atoms with E-state index in [1.54, 1.807) is 12.1 Å². The van der Waals surface area contributed by atoms with Crippen molar-refractivity contribution in [3.8, 4) is 0 Å². The number of unbranched alkanes of at least 4 members (excludes halogenated alkanes) is 1. The highest BCUT2D eigenvalue weighted by molar-refractivity contribution is 7.89. The molecule has 1 aliphatic heterocycles. The molecule has 5 heteroatoms. The fraction of sp³-hybridized carbons (Fsp3) is 0.625. The number of nitrogens with zero attached hydrogens (tertiary/aromatic N) is 1. The van der Waals surface area contributed by atoms with E-state index in [0.29, 0.717) is 18.0 Å². The van der Waals surface area contributed by atoms with Crippen molar-refractivity contribution in [2.24, 2.45) is 0 Å². The van der Waals surface area contributed by atoms with E-state index in [4.69, 9.17) is 4.74 Å². The molecule has 1 aromatic rings. The van der Waals surface area contributed by atoms with Crippen molar-refractivity contribution in [1.29, 1.82) is 0 Å². The Bertz CT molecular complexity index is 543. The molecule has 2 unspecified atom stereocenters. The summed E-state index contributed by atoms with van der Waals surface area (Å²) in [7, 11) is -3.41. The van der Waals surface area contributed by atoms with E-state index < -0.39 is 10.0 Å². The zero-order valence-corrected chi connectivity index (χ0v) is 13.9. The maximum Gasteiger partial charge on any atom is 0.243 e. The Morgan fingerprint density at radius 1 is 1.14 bits per heavy atom. The number of morpholine rings is 1. The second kappa shape index (κ2) is 6.90. The number of hydrogen-bond acceptors (Lipinski definition) is 3. The first-order valence-electron chi connectivity index (χ1n) is 7.68. The third kappa shape index (κ3) is 4.05. The van der Waals surface area contributed by atoms with E-state index in [2.05, 4.69) is 6.92 Å². The van der Waals surface area contributed by atoms with E-state index in [-0.39, 0.29) is 12.2 Å². The number of rotatable bonds is 5. The predicted octanol–water partition coefficient (Wildman–Crippen LogP) is 2.83. The van der Waals surface area contributed by atoms with Crippen LogP contribution >= 0.6 is 0 Å². The van der Waals surface area contributed by atoms with Crippen molar-refractivity contribution in [2.45, 2.75) is 57.1 Å². The molecule has 0 aliphatic carbocycles. The van der Waals surface area contributed by atoms with E-state index in [9.17, 15) is 8.42 Å². The Morgan fingerprint density at radius 3 is 2.24 bits per heavy atom. The number of benzene rings is 1. The van der Waals surface area contributed by atoms with Crippen LogP contribution in [0.4, 0.5) is 0 Å². The lowest BCUT2D eigenvalue weighted by molar-refractivity contribution is -0.0440. The minimum atomic E-state index is -3.41. The molecule has 21 heavy (non-hydrogen) atoms. The van der Waals surface area contributed by atoms with Gasteiger partial charge in [-0.2, -0.15) is 4.31 Å². The monoisotopic (exact) mass is 311 g/mol. The summed E-state index contributed by atoms with van der Waals surface area (Å²) in [6.45, 7) is 6.81. The first kappa shape index (κ1) is 16.5. The molecule has 2 rings (SSSR count). The Labute approximate surface area is 128 Å². The van der Waals surface area contributed by atoms with E-state index in [0.717, 1.165) is 19.3 Å². The summed E-state index contributed by atoms with van der Waals surface area (Å²) in [6, 6.07) is 7.31. The van der Waals surface area contributed by atoms with Crippen LogP contribution in [0.2, 0.25) is 0 Å². The van der Waals surface area contributed by atoms with Gasteiger partial charge in [0.1, 0.15) is 0 Å². The Hall–Kier alpha value is -0.910. The van der Waals surface area contributed by atoms with Gasteiger partial charge in [0.15, 0.2) is 0 Å². The molecular formula is C16H25NO3S. The van der Waals surface area contributed by atoms with Crippen molar-refractivity contribution < 1.29 is 13.2 Å².